The first-order chi connectivity index (χ1) is 12.7. The van der Waals surface area contributed by atoms with Crippen LogP contribution < -0.4 is 10.6 Å². The zero-order valence-electron chi connectivity index (χ0n) is 15.8. The van der Waals surface area contributed by atoms with Gasteiger partial charge in [-0.05, 0) is 38.0 Å². The third kappa shape index (κ3) is 5.36. The van der Waals surface area contributed by atoms with Gasteiger partial charge in [0.1, 0.15) is 17.7 Å². The van der Waals surface area contributed by atoms with Crippen molar-refractivity contribution in [1.82, 2.24) is 10.6 Å². The zero-order valence-corrected chi connectivity index (χ0v) is 15.8. The fourth-order valence-electron chi connectivity index (χ4n) is 2.78. The summed E-state index contributed by atoms with van der Waals surface area (Å²) in [6.45, 7) is 7.10. The van der Waals surface area contributed by atoms with Gasteiger partial charge in [0, 0.05) is 17.2 Å². The van der Waals surface area contributed by atoms with Gasteiger partial charge in [0.05, 0.1) is 6.04 Å². The summed E-state index contributed by atoms with van der Waals surface area (Å²) in [5.74, 6) is -2.37. The highest BCUT2D eigenvalue weighted by molar-refractivity contribution is 5.97. The lowest BCUT2D eigenvalue weighted by Crippen LogP contribution is -2.50. The van der Waals surface area contributed by atoms with Crippen molar-refractivity contribution in [2.45, 2.75) is 39.8 Å². The summed E-state index contributed by atoms with van der Waals surface area (Å²) in [6, 6.07) is 8.81. The van der Waals surface area contributed by atoms with E-state index in [2.05, 4.69) is 10.6 Å². The van der Waals surface area contributed by atoms with Gasteiger partial charge in [-0.3, -0.25) is 9.59 Å². The average Bonchev–Trinajstić information content (AvgIpc) is 2.58. The van der Waals surface area contributed by atoms with Crippen molar-refractivity contribution in [1.29, 1.82) is 0 Å². The number of hydrogen-bond donors (Lipinski definition) is 2. The van der Waals surface area contributed by atoms with Crippen LogP contribution in [-0.4, -0.2) is 17.9 Å². The maximum absolute atomic E-state index is 13.9. The third-order valence-electron chi connectivity index (χ3n) is 4.30. The van der Waals surface area contributed by atoms with Crippen LogP contribution in [0.2, 0.25) is 0 Å². The van der Waals surface area contributed by atoms with Gasteiger partial charge in [-0.1, -0.05) is 37.6 Å². The summed E-state index contributed by atoms with van der Waals surface area (Å²) in [7, 11) is 0. The minimum Gasteiger partial charge on any atom is -0.348 e. The van der Waals surface area contributed by atoms with Crippen LogP contribution in [0, 0.1) is 24.5 Å². The predicted molar refractivity (Wildman–Crippen MR) is 100 cm³/mol. The number of benzene rings is 2. The normalized spacial score (nSPS) is 13.1. The molecule has 2 N–H and O–H groups in total. The van der Waals surface area contributed by atoms with E-state index in [-0.39, 0.29) is 17.4 Å². The molecule has 0 bridgehead atoms. The molecule has 2 aromatic rings. The molecular formula is C21H24F2N2O2. The number of carbonyl (C=O) groups is 2. The first-order valence-corrected chi connectivity index (χ1v) is 8.82. The van der Waals surface area contributed by atoms with Crippen LogP contribution in [0.15, 0.2) is 42.5 Å². The third-order valence-corrected chi connectivity index (χ3v) is 4.30. The molecule has 144 valence electrons. The van der Waals surface area contributed by atoms with E-state index in [9.17, 15) is 18.4 Å². The van der Waals surface area contributed by atoms with Crippen molar-refractivity contribution in [2.75, 3.05) is 0 Å². The zero-order chi connectivity index (χ0) is 20.1. The molecule has 0 aliphatic rings. The van der Waals surface area contributed by atoms with Crippen LogP contribution in [0.5, 0.6) is 0 Å². The van der Waals surface area contributed by atoms with E-state index in [1.165, 1.54) is 6.07 Å². The van der Waals surface area contributed by atoms with Crippen LogP contribution in [0.25, 0.3) is 0 Å². The lowest BCUT2D eigenvalue weighted by Gasteiger charge is -2.24. The molecular weight excluding hydrogens is 350 g/mol. The van der Waals surface area contributed by atoms with E-state index in [4.69, 9.17) is 0 Å². The van der Waals surface area contributed by atoms with E-state index in [0.717, 1.165) is 17.7 Å². The average molecular weight is 374 g/mol. The second kappa shape index (κ2) is 8.75. The maximum atomic E-state index is 13.9. The number of aryl methyl sites for hydroxylation is 1. The highest BCUT2D eigenvalue weighted by Crippen LogP contribution is 2.18. The molecule has 0 aliphatic carbocycles. The topological polar surface area (TPSA) is 58.2 Å². The molecule has 0 aliphatic heterocycles. The smallest absolute Gasteiger partial charge is 0.251 e. The largest absolute Gasteiger partial charge is 0.348 e. The summed E-state index contributed by atoms with van der Waals surface area (Å²) >= 11 is 0. The molecule has 0 fully saturated rings. The van der Waals surface area contributed by atoms with Crippen LogP contribution >= 0.6 is 0 Å². The van der Waals surface area contributed by atoms with Crippen molar-refractivity contribution in [2.24, 2.45) is 5.92 Å². The van der Waals surface area contributed by atoms with Crippen molar-refractivity contribution >= 4 is 11.8 Å². The summed E-state index contributed by atoms with van der Waals surface area (Å²) in [4.78, 5) is 25.1. The number of carbonyl (C=O) groups excluding carboxylic acids is 2. The Hall–Kier alpha value is -2.76. The highest BCUT2D eigenvalue weighted by Gasteiger charge is 2.26. The number of halogens is 2. The first-order valence-electron chi connectivity index (χ1n) is 8.82. The number of hydrogen-bond acceptors (Lipinski definition) is 2. The lowest BCUT2D eigenvalue weighted by molar-refractivity contribution is -0.124. The van der Waals surface area contributed by atoms with Gasteiger partial charge in [0.15, 0.2) is 0 Å². The van der Waals surface area contributed by atoms with Gasteiger partial charge >= 0.3 is 0 Å². The van der Waals surface area contributed by atoms with Crippen LogP contribution in [0.4, 0.5) is 8.78 Å². The number of rotatable bonds is 6. The van der Waals surface area contributed by atoms with Crippen molar-refractivity contribution in [3.8, 4) is 0 Å². The monoisotopic (exact) mass is 374 g/mol. The maximum Gasteiger partial charge on any atom is 0.251 e. The SMILES string of the molecule is Cc1cccc(C(=O)NC(C(=O)NC(C)c2ccc(F)cc2F)C(C)C)c1. The van der Waals surface area contributed by atoms with E-state index in [1.54, 1.807) is 25.1 Å². The molecule has 2 aromatic carbocycles. The van der Waals surface area contributed by atoms with Gasteiger partial charge in [-0.2, -0.15) is 0 Å². The Morgan fingerprint density at radius 2 is 1.67 bits per heavy atom. The number of nitrogens with one attached hydrogen (secondary N) is 2. The van der Waals surface area contributed by atoms with Crippen LogP contribution in [0.3, 0.4) is 0 Å². The standard InChI is InChI=1S/C21H24F2N2O2/c1-12(2)19(25-20(26)15-7-5-6-13(3)10-15)21(27)24-14(4)17-9-8-16(22)11-18(17)23/h5-12,14,19H,1-4H3,(H,24,27)(H,25,26). The van der Waals surface area contributed by atoms with Crippen molar-refractivity contribution in [3.05, 3.63) is 70.8 Å². The molecule has 0 heterocycles. The number of amides is 2. The molecule has 4 nitrogen and oxygen atoms in total. The van der Waals surface area contributed by atoms with Gasteiger partial charge in [0.25, 0.3) is 5.91 Å². The van der Waals surface area contributed by atoms with Crippen molar-refractivity contribution in [3.63, 3.8) is 0 Å². The Morgan fingerprint density at radius 1 is 0.963 bits per heavy atom. The summed E-state index contributed by atoms with van der Waals surface area (Å²) in [6.07, 6.45) is 0. The van der Waals surface area contributed by atoms with Gasteiger partial charge in [0.2, 0.25) is 5.91 Å². The minimum absolute atomic E-state index is 0.177. The predicted octanol–water partition coefficient (Wildman–Crippen LogP) is 3.91. The molecule has 0 aromatic heterocycles. The fourth-order valence-corrected chi connectivity index (χ4v) is 2.78. The Labute approximate surface area is 158 Å². The van der Waals surface area contributed by atoms with Crippen LogP contribution in [0.1, 0.15) is 48.3 Å². The molecule has 6 heteroatoms. The first kappa shape index (κ1) is 20.6. The van der Waals surface area contributed by atoms with Crippen molar-refractivity contribution < 1.29 is 18.4 Å². The highest BCUT2D eigenvalue weighted by atomic mass is 19.1. The Bertz CT molecular complexity index is 837. The van der Waals surface area contributed by atoms with E-state index in [1.807, 2.05) is 26.8 Å². The van der Waals surface area contributed by atoms with Gasteiger partial charge < -0.3 is 10.6 Å². The minimum atomic E-state index is -0.788. The molecule has 0 saturated carbocycles. The molecule has 27 heavy (non-hydrogen) atoms. The van der Waals surface area contributed by atoms with Gasteiger partial charge in [-0.25, -0.2) is 8.78 Å². The molecule has 2 amide bonds. The van der Waals surface area contributed by atoms with E-state index >= 15 is 0 Å². The molecule has 0 saturated heterocycles. The van der Waals surface area contributed by atoms with E-state index in [0.29, 0.717) is 5.56 Å². The van der Waals surface area contributed by atoms with Crippen LogP contribution in [-0.2, 0) is 4.79 Å². The van der Waals surface area contributed by atoms with E-state index < -0.39 is 29.6 Å². The molecule has 2 atom stereocenters. The summed E-state index contributed by atoms with van der Waals surface area (Å²) in [5, 5.41) is 5.43. The summed E-state index contributed by atoms with van der Waals surface area (Å²) < 4.78 is 27.0. The molecule has 0 radical (unpaired) electrons. The Morgan fingerprint density at radius 3 is 2.26 bits per heavy atom. The fraction of sp³-hybridized carbons (Fsp3) is 0.333. The lowest BCUT2D eigenvalue weighted by atomic mass is 10.0. The molecule has 2 rings (SSSR count). The molecule has 2 unspecified atom stereocenters. The quantitative estimate of drug-likeness (QED) is 0.806. The molecule has 0 spiro atoms. The summed E-state index contributed by atoms with van der Waals surface area (Å²) in [5.41, 5.74) is 1.58. The Kier molecular flexibility index (Phi) is 6.66. The van der Waals surface area contributed by atoms with Gasteiger partial charge in [-0.15, -0.1) is 0 Å². The second-order valence-electron chi connectivity index (χ2n) is 6.96. The Balaban J connectivity index is 2.11. The second-order valence-corrected chi connectivity index (χ2v) is 6.96.